The van der Waals surface area contributed by atoms with E-state index in [1.54, 1.807) is 4.68 Å². The summed E-state index contributed by atoms with van der Waals surface area (Å²) < 4.78 is 12.5. The van der Waals surface area contributed by atoms with E-state index in [1.165, 1.54) is 6.33 Å². The number of hydrogen-bond acceptors (Lipinski definition) is 6. The van der Waals surface area contributed by atoms with E-state index >= 15 is 0 Å². The maximum absolute atomic E-state index is 12.4. The van der Waals surface area contributed by atoms with Crippen molar-refractivity contribution in [2.45, 2.75) is 70.2 Å². The van der Waals surface area contributed by atoms with Gasteiger partial charge in [-0.1, -0.05) is 30.3 Å². The van der Waals surface area contributed by atoms with Gasteiger partial charge in [0, 0.05) is 13.0 Å². The SMILES string of the molecule is Cn1ncnc1C1CCC(NC(=O)OCc2ccccc2)C(NC(=O)OC(C)(C)C)C1. The number of aryl methyl sites for hydroxylation is 1. The third-order valence-corrected chi connectivity index (χ3v) is 5.18. The molecule has 31 heavy (non-hydrogen) atoms. The fraction of sp³-hybridized carbons (Fsp3) is 0.545. The quantitative estimate of drug-likeness (QED) is 0.755. The monoisotopic (exact) mass is 429 g/mol. The first-order valence-corrected chi connectivity index (χ1v) is 10.5. The van der Waals surface area contributed by atoms with Crippen LogP contribution in [-0.4, -0.2) is 44.6 Å². The molecular formula is C22H31N5O4. The minimum absolute atomic E-state index is 0.117. The first kappa shape index (κ1) is 22.6. The van der Waals surface area contributed by atoms with Crippen LogP contribution in [0.2, 0.25) is 0 Å². The molecule has 9 nitrogen and oxygen atoms in total. The van der Waals surface area contributed by atoms with Crippen LogP contribution in [0.25, 0.3) is 0 Å². The topological polar surface area (TPSA) is 107 Å². The number of amides is 2. The standard InChI is InChI=1S/C22H31N5O4/c1-22(2,3)31-21(29)26-18-12-16(19-23-14-24-27(19)4)10-11-17(18)25-20(28)30-13-15-8-6-5-7-9-15/h5-9,14,16-18H,10-13H2,1-4H3,(H,25,28)(H,26,29). The summed E-state index contributed by atoms with van der Waals surface area (Å²) in [5.41, 5.74) is 0.298. The van der Waals surface area contributed by atoms with Crippen LogP contribution in [-0.2, 0) is 23.1 Å². The van der Waals surface area contributed by atoms with Crippen molar-refractivity contribution < 1.29 is 19.1 Å². The smallest absolute Gasteiger partial charge is 0.407 e. The number of carbonyl (C=O) groups excluding carboxylic acids is 2. The van der Waals surface area contributed by atoms with Gasteiger partial charge in [0.2, 0.25) is 0 Å². The van der Waals surface area contributed by atoms with E-state index < -0.39 is 17.8 Å². The summed E-state index contributed by atoms with van der Waals surface area (Å²) in [5.74, 6) is 0.979. The molecule has 1 aliphatic carbocycles. The zero-order valence-electron chi connectivity index (χ0n) is 18.5. The summed E-state index contributed by atoms with van der Waals surface area (Å²) in [6, 6.07) is 8.88. The number of benzene rings is 1. The molecule has 0 spiro atoms. The second-order valence-corrected chi connectivity index (χ2v) is 8.82. The van der Waals surface area contributed by atoms with Gasteiger partial charge in [-0.2, -0.15) is 5.10 Å². The normalized spacial score (nSPS) is 21.2. The highest BCUT2D eigenvalue weighted by Crippen LogP contribution is 2.32. The number of rotatable bonds is 5. The Morgan fingerprint density at radius 1 is 1.10 bits per heavy atom. The average molecular weight is 430 g/mol. The molecule has 2 amide bonds. The average Bonchev–Trinajstić information content (AvgIpc) is 3.13. The maximum atomic E-state index is 12.4. The van der Waals surface area contributed by atoms with E-state index in [1.807, 2.05) is 58.2 Å². The maximum Gasteiger partial charge on any atom is 0.407 e. The molecule has 9 heteroatoms. The summed E-state index contributed by atoms with van der Waals surface area (Å²) >= 11 is 0. The predicted octanol–water partition coefficient (Wildman–Crippen LogP) is 3.27. The molecule has 0 saturated heterocycles. The molecule has 2 aromatic rings. The number of alkyl carbamates (subject to hydrolysis) is 2. The molecule has 1 aromatic heterocycles. The van der Waals surface area contributed by atoms with Crippen LogP contribution < -0.4 is 10.6 Å². The van der Waals surface area contributed by atoms with E-state index in [0.717, 1.165) is 17.8 Å². The molecule has 1 fully saturated rings. The summed E-state index contributed by atoms with van der Waals surface area (Å²) in [5, 5.41) is 9.99. The lowest BCUT2D eigenvalue weighted by Crippen LogP contribution is -2.55. The number of hydrogen-bond donors (Lipinski definition) is 2. The first-order valence-electron chi connectivity index (χ1n) is 10.5. The predicted molar refractivity (Wildman–Crippen MR) is 114 cm³/mol. The van der Waals surface area contributed by atoms with Crippen molar-refractivity contribution >= 4 is 12.2 Å². The number of nitrogens with zero attached hydrogens (tertiary/aromatic N) is 3. The highest BCUT2D eigenvalue weighted by Gasteiger charge is 2.36. The Hall–Kier alpha value is -3.10. The van der Waals surface area contributed by atoms with Crippen LogP contribution in [0, 0.1) is 0 Å². The summed E-state index contributed by atoms with van der Waals surface area (Å²) in [4.78, 5) is 29.2. The van der Waals surface area contributed by atoms with Gasteiger partial charge >= 0.3 is 12.2 Å². The van der Waals surface area contributed by atoms with Gasteiger partial charge in [-0.3, -0.25) is 4.68 Å². The molecule has 0 radical (unpaired) electrons. The number of nitrogens with one attached hydrogen (secondary N) is 2. The summed E-state index contributed by atoms with van der Waals surface area (Å²) in [7, 11) is 1.85. The molecule has 1 aliphatic rings. The lowest BCUT2D eigenvalue weighted by molar-refractivity contribution is 0.0470. The van der Waals surface area contributed by atoms with Crippen molar-refractivity contribution in [2.75, 3.05) is 0 Å². The minimum Gasteiger partial charge on any atom is -0.445 e. The van der Waals surface area contributed by atoms with E-state index in [9.17, 15) is 9.59 Å². The van der Waals surface area contributed by atoms with Crippen LogP contribution in [0.1, 0.15) is 57.3 Å². The molecule has 3 rings (SSSR count). The van der Waals surface area contributed by atoms with Crippen LogP contribution in [0.15, 0.2) is 36.7 Å². The molecule has 3 atom stereocenters. The van der Waals surface area contributed by atoms with E-state index in [4.69, 9.17) is 9.47 Å². The molecule has 168 valence electrons. The lowest BCUT2D eigenvalue weighted by atomic mass is 9.81. The molecule has 0 bridgehead atoms. The Morgan fingerprint density at radius 3 is 2.45 bits per heavy atom. The molecule has 1 aromatic carbocycles. The Kier molecular flexibility index (Phi) is 7.14. The van der Waals surface area contributed by atoms with Gasteiger partial charge in [0.15, 0.2) is 0 Å². The van der Waals surface area contributed by atoms with E-state index in [2.05, 4.69) is 20.7 Å². The Morgan fingerprint density at radius 2 is 1.81 bits per heavy atom. The van der Waals surface area contributed by atoms with Crippen molar-refractivity contribution in [1.29, 1.82) is 0 Å². The molecule has 1 saturated carbocycles. The van der Waals surface area contributed by atoms with Crippen molar-refractivity contribution in [3.8, 4) is 0 Å². The number of ether oxygens (including phenoxy) is 2. The fourth-order valence-electron chi connectivity index (χ4n) is 3.79. The van der Waals surface area contributed by atoms with Gasteiger partial charge in [0.25, 0.3) is 0 Å². The van der Waals surface area contributed by atoms with Crippen LogP contribution in [0.5, 0.6) is 0 Å². The highest BCUT2D eigenvalue weighted by atomic mass is 16.6. The number of aromatic nitrogens is 3. The minimum atomic E-state index is -0.612. The van der Waals surface area contributed by atoms with Crippen LogP contribution in [0.4, 0.5) is 9.59 Å². The van der Waals surface area contributed by atoms with Gasteiger partial charge in [-0.05, 0) is 45.6 Å². The third kappa shape index (κ3) is 6.70. The Balaban J connectivity index is 1.64. The summed E-state index contributed by atoms with van der Waals surface area (Å²) in [6.07, 6.45) is 2.58. The molecule has 2 N–H and O–H groups in total. The van der Waals surface area contributed by atoms with Gasteiger partial charge in [-0.15, -0.1) is 0 Å². The molecule has 3 unspecified atom stereocenters. The van der Waals surface area contributed by atoms with Crippen LogP contribution >= 0.6 is 0 Å². The second kappa shape index (κ2) is 9.80. The van der Waals surface area contributed by atoms with Crippen molar-refractivity contribution in [1.82, 2.24) is 25.4 Å². The van der Waals surface area contributed by atoms with Crippen molar-refractivity contribution in [3.63, 3.8) is 0 Å². The van der Waals surface area contributed by atoms with E-state index in [0.29, 0.717) is 12.8 Å². The third-order valence-electron chi connectivity index (χ3n) is 5.18. The van der Waals surface area contributed by atoms with Gasteiger partial charge < -0.3 is 20.1 Å². The van der Waals surface area contributed by atoms with Crippen LogP contribution in [0.3, 0.4) is 0 Å². The first-order chi connectivity index (χ1) is 14.7. The highest BCUT2D eigenvalue weighted by molar-refractivity contribution is 5.70. The van der Waals surface area contributed by atoms with Gasteiger partial charge in [-0.25, -0.2) is 14.6 Å². The zero-order chi connectivity index (χ0) is 22.4. The lowest BCUT2D eigenvalue weighted by Gasteiger charge is -2.36. The van der Waals surface area contributed by atoms with E-state index in [-0.39, 0.29) is 24.6 Å². The molecular weight excluding hydrogens is 398 g/mol. The largest absolute Gasteiger partial charge is 0.445 e. The summed E-state index contributed by atoms with van der Waals surface area (Å²) in [6.45, 7) is 5.62. The van der Waals surface area contributed by atoms with Gasteiger partial charge in [0.1, 0.15) is 24.4 Å². The fourth-order valence-corrected chi connectivity index (χ4v) is 3.79. The number of carbonyl (C=O) groups is 2. The van der Waals surface area contributed by atoms with Crippen molar-refractivity contribution in [3.05, 3.63) is 48.0 Å². The zero-order valence-corrected chi connectivity index (χ0v) is 18.5. The van der Waals surface area contributed by atoms with Crippen molar-refractivity contribution in [2.24, 2.45) is 7.05 Å². The van der Waals surface area contributed by atoms with Gasteiger partial charge in [0.05, 0.1) is 12.1 Å². The molecule has 0 aliphatic heterocycles. The molecule has 1 heterocycles. The second-order valence-electron chi connectivity index (χ2n) is 8.82. The Bertz CT molecular complexity index is 878. The Labute approximate surface area is 182 Å².